The molecule has 2 amide bonds. The van der Waals surface area contributed by atoms with Crippen LogP contribution in [-0.4, -0.2) is 41.9 Å². The Balaban J connectivity index is 1.49. The first-order valence-electron chi connectivity index (χ1n) is 9.51. The third-order valence-corrected chi connectivity index (χ3v) is 4.56. The Kier molecular flexibility index (Phi) is 6.49. The van der Waals surface area contributed by atoms with Gasteiger partial charge in [-0.3, -0.25) is 14.4 Å². The van der Waals surface area contributed by atoms with Crippen LogP contribution in [0.2, 0.25) is 0 Å². The Bertz CT molecular complexity index is 882. The number of likely N-dealkylation sites (tertiary alicyclic amines) is 1. The number of ether oxygens (including phenoxy) is 2. The van der Waals surface area contributed by atoms with Crippen molar-refractivity contribution in [2.24, 2.45) is 5.92 Å². The average Bonchev–Trinajstić information content (AvgIpc) is 3.09. The summed E-state index contributed by atoms with van der Waals surface area (Å²) in [5, 5.41) is 2.68. The van der Waals surface area contributed by atoms with Crippen LogP contribution in [0.25, 0.3) is 0 Å². The van der Waals surface area contributed by atoms with Gasteiger partial charge in [0.15, 0.2) is 6.61 Å². The second-order valence-corrected chi connectivity index (χ2v) is 7.14. The second-order valence-electron chi connectivity index (χ2n) is 7.14. The zero-order valence-corrected chi connectivity index (χ0v) is 16.5. The molecule has 0 saturated carbocycles. The molecule has 7 nitrogen and oxygen atoms in total. The minimum atomic E-state index is -0.530. The Morgan fingerprint density at radius 1 is 1.10 bits per heavy atom. The number of hydrogen-bond donors (Lipinski definition) is 1. The predicted octanol–water partition coefficient (Wildman–Crippen LogP) is 3.22. The predicted molar refractivity (Wildman–Crippen MR) is 108 cm³/mol. The van der Waals surface area contributed by atoms with Gasteiger partial charge >= 0.3 is 5.97 Å². The van der Waals surface area contributed by atoms with Crippen LogP contribution in [0.1, 0.15) is 20.3 Å². The number of hydrogen-bond acceptors (Lipinski definition) is 5. The lowest BCUT2D eigenvalue weighted by atomic mass is 10.1. The van der Waals surface area contributed by atoms with E-state index in [1.807, 2.05) is 44.2 Å². The molecule has 2 aromatic rings. The van der Waals surface area contributed by atoms with Crippen molar-refractivity contribution < 1.29 is 23.9 Å². The Morgan fingerprint density at radius 3 is 2.52 bits per heavy atom. The van der Waals surface area contributed by atoms with Crippen molar-refractivity contribution in [2.45, 2.75) is 26.3 Å². The Labute approximate surface area is 169 Å². The van der Waals surface area contributed by atoms with Crippen molar-refractivity contribution >= 4 is 23.5 Å². The van der Waals surface area contributed by atoms with Crippen LogP contribution in [0.3, 0.4) is 0 Å². The average molecular weight is 396 g/mol. The highest BCUT2D eigenvalue weighted by Crippen LogP contribution is 2.24. The van der Waals surface area contributed by atoms with Gasteiger partial charge < -0.3 is 19.7 Å². The number of rotatable bonds is 7. The van der Waals surface area contributed by atoms with E-state index in [-0.39, 0.29) is 18.4 Å². The van der Waals surface area contributed by atoms with Crippen LogP contribution in [0.4, 0.5) is 5.69 Å². The fourth-order valence-corrected chi connectivity index (χ4v) is 3.10. The van der Waals surface area contributed by atoms with Crippen molar-refractivity contribution in [2.75, 3.05) is 18.5 Å². The van der Waals surface area contributed by atoms with Gasteiger partial charge in [0.1, 0.15) is 11.5 Å². The fraction of sp³-hybridized carbons (Fsp3) is 0.318. The van der Waals surface area contributed by atoms with Gasteiger partial charge in [-0.2, -0.15) is 0 Å². The first kappa shape index (κ1) is 20.4. The van der Waals surface area contributed by atoms with Gasteiger partial charge in [-0.1, -0.05) is 24.3 Å². The summed E-state index contributed by atoms with van der Waals surface area (Å²) >= 11 is 0. The maximum atomic E-state index is 12.2. The number of anilines is 1. The molecular weight excluding hydrogens is 372 g/mol. The monoisotopic (exact) mass is 396 g/mol. The molecule has 29 heavy (non-hydrogen) atoms. The van der Waals surface area contributed by atoms with E-state index in [9.17, 15) is 14.4 Å². The lowest BCUT2D eigenvalue weighted by Gasteiger charge is -2.20. The van der Waals surface area contributed by atoms with E-state index in [1.165, 1.54) is 0 Å². The fourth-order valence-electron chi connectivity index (χ4n) is 3.10. The third-order valence-electron chi connectivity index (χ3n) is 4.56. The molecule has 1 N–H and O–H groups in total. The van der Waals surface area contributed by atoms with E-state index in [0.29, 0.717) is 23.7 Å². The van der Waals surface area contributed by atoms with Crippen molar-refractivity contribution in [3.63, 3.8) is 0 Å². The van der Waals surface area contributed by atoms with Crippen molar-refractivity contribution in [3.8, 4) is 11.5 Å². The van der Waals surface area contributed by atoms with Gasteiger partial charge in [0.05, 0.1) is 5.92 Å². The lowest BCUT2D eigenvalue weighted by molar-refractivity contribution is -0.151. The molecule has 0 aromatic heterocycles. The van der Waals surface area contributed by atoms with Crippen LogP contribution >= 0.6 is 0 Å². The minimum Gasteiger partial charge on any atom is -0.457 e. The number of benzene rings is 2. The topological polar surface area (TPSA) is 84.9 Å². The largest absolute Gasteiger partial charge is 0.457 e. The van der Waals surface area contributed by atoms with Crippen LogP contribution in [0, 0.1) is 5.92 Å². The van der Waals surface area contributed by atoms with Crippen LogP contribution in [0.5, 0.6) is 11.5 Å². The van der Waals surface area contributed by atoms with E-state index < -0.39 is 24.4 Å². The van der Waals surface area contributed by atoms with Crippen molar-refractivity contribution in [1.82, 2.24) is 4.90 Å². The van der Waals surface area contributed by atoms with Gasteiger partial charge in [0.2, 0.25) is 5.91 Å². The number of nitrogens with one attached hydrogen (secondary N) is 1. The lowest BCUT2D eigenvalue weighted by Crippen LogP contribution is -2.33. The second kappa shape index (κ2) is 9.23. The highest BCUT2D eigenvalue weighted by atomic mass is 16.5. The molecule has 1 heterocycles. The van der Waals surface area contributed by atoms with Crippen LogP contribution < -0.4 is 10.1 Å². The molecule has 1 saturated heterocycles. The zero-order valence-electron chi connectivity index (χ0n) is 16.5. The summed E-state index contributed by atoms with van der Waals surface area (Å²) in [5.74, 6) is -0.323. The van der Waals surface area contributed by atoms with Crippen molar-refractivity contribution in [3.05, 3.63) is 54.6 Å². The molecule has 3 rings (SSSR count). The SMILES string of the molecule is CC(C)N1CC(C(=O)OCC(=O)Nc2cccc(Oc3ccccc3)c2)CC1=O. The summed E-state index contributed by atoms with van der Waals surface area (Å²) in [7, 11) is 0. The minimum absolute atomic E-state index is 0.0361. The van der Waals surface area contributed by atoms with E-state index >= 15 is 0 Å². The Hall–Kier alpha value is -3.35. The van der Waals surface area contributed by atoms with Gasteiger partial charge in [0.25, 0.3) is 5.91 Å². The summed E-state index contributed by atoms with van der Waals surface area (Å²) in [6.45, 7) is 3.72. The summed E-state index contributed by atoms with van der Waals surface area (Å²) in [4.78, 5) is 37.8. The standard InChI is InChI=1S/C22H24N2O5/c1-15(2)24-13-16(11-21(24)26)22(27)28-14-20(25)23-17-7-6-10-19(12-17)29-18-8-4-3-5-9-18/h3-10,12,15-16H,11,13-14H2,1-2H3,(H,23,25). The summed E-state index contributed by atoms with van der Waals surface area (Å²) in [5.41, 5.74) is 0.529. The molecule has 0 bridgehead atoms. The highest BCUT2D eigenvalue weighted by Gasteiger charge is 2.36. The van der Waals surface area contributed by atoms with Crippen molar-refractivity contribution in [1.29, 1.82) is 0 Å². The molecule has 1 unspecified atom stereocenters. The first-order valence-corrected chi connectivity index (χ1v) is 9.51. The van der Waals surface area contributed by atoms with Crippen LogP contribution in [0.15, 0.2) is 54.6 Å². The van der Waals surface area contributed by atoms with E-state index in [4.69, 9.17) is 9.47 Å². The molecular formula is C22H24N2O5. The normalized spacial score (nSPS) is 16.0. The molecule has 2 aromatic carbocycles. The van der Waals surface area contributed by atoms with Gasteiger partial charge in [-0.05, 0) is 38.1 Å². The molecule has 1 fully saturated rings. The van der Waals surface area contributed by atoms with Gasteiger partial charge in [-0.25, -0.2) is 0 Å². The smallest absolute Gasteiger partial charge is 0.311 e. The molecule has 0 aliphatic carbocycles. The first-order chi connectivity index (χ1) is 13.9. The number of para-hydroxylation sites is 1. The van der Waals surface area contributed by atoms with E-state index in [1.54, 1.807) is 29.2 Å². The zero-order chi connectivity index (χ0) is 20.8. The maximum absolute atomic E-state index is 12.2. The number of nitrogens with zero attached hydrogens (tertiary/aromatic N) is 1. The van der Waals surface area contributed by atoms with Gasteiger partial charge in [0, 0.05) is 30.8 Å². The summed E-state index contributed by atoms with van der Waals surface area (Å²) in [6, 6.07) is 16.3. The number of amides is 2. The molecule has 1 atom stereocenters. The van der Waals surface area contributed by atoms with E-state index in [0.717, 1.165) is 0 Å². The number of carbonyl (C=O) groups excluding carboxylic acids is 3. The summed E-state index contributed by atoms with van der Waals surface area (Å²) in [6.07, 6.45) is 0.123. The molecule has 0 spiro atoms. The Morgan fingerprint density at radius 2 is 1.83 bits per heavy atom. The highest BCUT2D eigenvalue weighted by molar-refractivity contribution is 5.93. The molecule has 1 aliphatic heterocycles. The number of esters is 1. The third kappa shape index (κ3) is 5.57. The molecule has 1 aliphatic rings. The molecule has 0 radical (unpaired) electrons. The number of carbonyl (C=O) groups is 3. The van der Waals surface area contributed by atoms with E-state index in [2.05, 4.69) is 5.32 Å². The maximum Gasteiger partial charge on any atom is 0.311 e. The van der Waals surface area contributed by atoms with Crippen LogP contribution in [-0.2, 0) is 19.1 Å². The van der Waals surface area contributed by atoms with Gasteiger partial charge in [-0.15, -0.1) is 0 Å². The molecule has 152 valence electrons. The summed E-state index contributed by atoms with van der Waals surface area (Å²) < 4.78 is 10.8. The quantitative estimate of drug-likeness (QED) is 0.727. The molecule has 7 heteroatoms.